The maximum absolute atomic E-state index is 13.4. The summed E-state index contributed by atoms with van der Waals surface area (Å²) in [5.41, 5.74) is 13.7. The molecule has 0 saturated carbocycles. The monoisotopic (exact) mass is 1750 g/mol. The standard InChI is InChI=1S/C48H54ClN3O7S2.C47H51ClN2O8S2/c1-47(2)41(51(26-10-12-28-60(54,55)56)39-22-18-32-14-6-8-16-37(32)43(39)47)24-20-34-30-36(46(53)50-5)31-35(45(34)49)21-25-42-48(3,4)44-38-17-9-7-15-33(38)19-23-40(44)52(42)27-11-13-29-61(57,58)59;1-46(2)40(49(25-9-11-27-59(53,54)55)38-21-17-31-13-5-7-15-36(31)42(38)46)23-19-33-29-35(45(51)52)30-34(44(33)48)20-24-41-47(3,4)43-37-16-8-6-14-32(37)18-22-39(43)50(41)26-10-12-28-60(56,57)58/h6-9,14-25,36H,10-13,26-31H2,1-5H3,(H2-,50,53,54,55,56,57,58,59);5-8,13-24,35H,9-12,25-30H2,1-4H3,(H2-,51,52,53,54,55,56,57,58). The second-order valence-corrected chi connectivity index (χ2v) is 41.5. The van der Waals surface area contributed by atoms with Crippen LogP contribution in [0.4, 0.5) is 22.7 Å². The van der Waals surface area contributed by atoms with Gasteiger partial charge < -0.3 is 29.3 Å². The highest BCUT2D eigenvalue weighted by Crippen LogP contribution is 2.54. The number of hydrogen-bond acceptors (Lipinski definition) is 14. The Bertz CT molecular complexity index is 6350. The number of nitrogens with zero attached hydrogens (tertiary/aromatic N) is 4. The molecule has 1 amide bonds. The number of benzene rings is 8. The smallest absolute Gasteiger partial charge is 0.307 e. The molecule has 0 saturated heterocycles. The number of hydrogen-bond donors (Lipinski definition) is 4. The maximum atomic E-state index is 13.4. The van der Waals surface area contributed by atoms with Crippen LogP contribution in [-0.2, 0) is 71.7 Å². The van der Waals surface area contributed by atoms with E-state index in [-0.39, 0.29) is 55.4 Å². The second kappa shape index (κ2) is 35.6. The number of carboxylic acids is 1. The van der Waals surface area contributed by atoms with Gasteiger partial charge in [0.05, 0.1) is 48.5 Å². The molecule has 2 aliphatic carbocycles. The quantitative estimate of drug-likeness (QED) is 0.0201. The van der Waals surface area contributed by atoms with Gasteiger partial charge in [-0.15, -0.1) is 0 Å². The lowest BCUT2D eigenvalue weighted by Crippen LogP contribution is -2.30. The third-order valence-corrected chi connectivity index (χ3v) is 29.0. The largest absolute Gasteiger partial charge is 0.748 e. The molecule has 0 radical (unpaired) electrons. The molecule has 6 aliphatic rings. The number of fused-ring (bicyclic) bond motifs is 12. The van der Waals surface area contributed by atoms with Crippen molar-refractivity contribution < 1.29 is 75.7 Å². The van der Waals surface area contributed by atoms with Gasteiger partial charge >= 0.3 is 5.97 Å². The normalized spacial score (nSPS) is 20.2. The molecule has 14 rings (SSSR count). The van der Waals surface area contributed by atoms with Crippen molar-refractivity contribution in [2.24, 2.45) is 11.8 Å². The van der Waals surface area contributed by atoms with Gasteiger partial charge in [0.1, 0.15) is 13.1 Å². The van der Waals surface area contributed by atoms with E-state index in [1.165, 1.54) is 5.56 Å². The number of halogens is 2. The highest BCUT2D eigenvalue weighted by molar-refractivity contribution is 7.86. The minimum Gasteiger partial charge on any atom is -0.748 e. The van der Waals surface area contributed by atoms with Gasteiger partial charge in [-0.25, -0.2) is 16.8 Å². The number of nitrogens with one attached hydrogen (secondary N) is 1. The molecular weight excluding hydrogens is 1650 g/mol. The number of rotatable bonds is 28. The molecule has 26 heteroatoms. The van der Waals surface area contributed by atoms with Crippen molar-refractivity contribution in [3.63, 3.8) is 0 Å². The van der Waals surface area contributed by atoms with Gasteiger partial charge in [-0.1, -0.05) is 184 Å². The first-order valence-electron chi connectivity index (χ1n) is 41.2. The van der Waals surface area contributed by atoms with Crippen molar-refractivity contribution in [3.8, 4) is 0 Å². The van der Waals surface area contributed by atoms with Crippen LogP contribution in [-0.4, -0.2) is 146 Å². The Balaban J connectivity index is 0.000000209. The van der Waals surface area contributed by atoms with Gasteiger partial charge in [0, 0.05) is 129 Å². The van der Waals surface area contributed by atoms with Crippen LogP contribution < -0.4 is 15.1 Å². The summed E-state index contributed by atoms with van der Waals surface area (Å²) < 4.78 is 138. The number of anilines is 2. The summed E-state index contributed by atoms with van der Waals surface area (Å²) in [6.45, 7) is 19.4. The summed E-state index contributed by atoms with van der Waals surface area (Å²) in [5, 5.41) is 23.2. The molecule has 4 N–H and O–H groups in total. The Morgan fingerprint density at radius 1 is 0.438 bits per heavy atom. The predicted molar refractivity (Wildman–Crippen MR) is 485 cm³/mol. The number of carbonyl (C=O) groups excluding carboxylic acids is 1. The Labute approximate surface area is 720 Å². The van der Waals surface area contributed by atoms with E-state index in [9.17, 15) is 66.6 Å². The summed E-state index contributed by atoms with van der Waals surface area (Å²) in [6, 6.07) is 49.7. The highest BCUT2D eigenvalue weighted by atomic mass is 35.5. The number of aliphatic carboxylic acids is 1. The fourth-order valence-corrected chi connectivity index (χ4v) is 21.9. The van der Waals surface area contributed by atoms with E-state index in [1.807, 2.05) is 85.0 Å². The Kier molecular flexibility index (Phi) is 26.3. The first-order valence-corrected chi connectivity index (χ1v) is 48.3. The molecule has 2 unspecified atom stereocenters. The van der Waals surface area contributed by atoms with Crippen molar-refractivity contribution >= 4 is 153 Å². The van der Waals surface area contributed by atoms with Crippen molar-refractivity contribution in [3.05, 3.63) is 260 Å². The lowest BCUT2D eigenvalue weighted by Gasteiger charge is -2.28. The van der Waals surface area contributed by atoms with E-state index in [1.54, 1.807) is 7.05 Å². The average molecular weight is 1760 g/mol. The molecule has 0 spiro atoms. The maximum Gasteiger partial charge on any atom is 0.307 e. The highest BCUT2D eigenvalue weighted by Gasteiger charge is 2.49. The molecule has 2 atom stereocenters. The van der Waals surface area contributed by atoms with E-state index >= 15 is 0 Å². The molecule has 20 nitrogen and oxygen atoms in total. The van der Waals surface area contributed by atoms with Crippen molar-refractivity contribution in [2.45, 2.75) is 154 Å². The number of amides is 1. The van der Waals surface area contributed by atoms with Crippen LogP contribution in [0.2, 0.25) is 0 Å². The van der Waals surface area contributed by atoms with E-state index in [0.717, 1.165) is 116 Å². The molecule has 8 aromatic carbocycles. The van der Waals surface area contributed by atoms with Crippen LogP contribution in [0, 0.1) is 11.8 Å². The zero-order valence-electron chi connectivity index (χ0n) is 69.7. The zero-order chi connectivity index (χ0) is 87.1. The lowest BCUT2D eigenvalue weighted by atomic mass is 9.78. The number of allylic oxidation sites excluding steroid dienone is 16. The fourth-order valence-electron chi connectivity index (χ4n) is 19.1. The average Bonchev–Trinajstić information content (AvgIpc) is 1.59. The molecule has 4 aliphatic heterocycles. The Morgan fingerprint density at radius 3 is 1.13 bits per heavy atom. The molecule has 0 bridgehead atoms. The number of carbonyl (C=O) groups is 2. The van der Waals surface area contributed by atoms with Gasteiger partial charge in [0.15, 0.2) is 11.4 Å². The van der Waals surface area contributed by atoms with Crippen molar-refractivity contribution in [2.75, 3.05) is 66.0 Å². The van der Waals surface area contributed by atoms with Gasteiger partial charge in [-0.05, 0) is 205 Å². The minimum atomic E-state index is -4.35. The second-order valence-electron chi connectivity index (χ2n) is 34.5. The Hall–Kier alpha value is -9.18. The van der Waals surface area contributed by atoms with Crippen LogP contribution >= 0.6 is 23.2 Å². The van der Waals surface area contributed by atoms with Crippen molar-refractivity contribution in [1.29, 1.82) is 0 Å². The van der Waals surface area contributed by atoms with E-state index in [0.29, 0.717) is 92.3 Å². The zero-order valence-corrected chi connectivity index (χ0v) is 74.5. The van der Waals surface area contributed by atoms with Crippen LogP contribution in [0.15, 0.2) is 238 Å². The van der Waals surface area contributed by atoms with E-state index in [2.05, 4.69) is 189 Å². The lowest BCUT2D eigenvalue weighted by molar-refractivity contribution is -0.438. The molecule has 121 heavy (non-hydrogen) atoms. The van der Waals surface area contributed by atoms with Gasteiger partial charge in [-0.3, -0.25) is 18.7 Å². The molecule has 8 aromatic rings. The third-order valence-electron chi connectivity index (χ3n) is 24.9. The SMILES string of the molecule is CC1(C)C(=CC=C2CC(C(=O)O)CC(C=CC3=[N+](CCCCS(=O)(=O)O)c4ccc5ccccc5c4C3(C)C)=C2Cl)N(CCCCS(=O)(=O)[O-])c2ccc3ccccc3c21.CNC(=O)C1CC(=CC=C2N(CCCCS(=O)(=O)[O-])c3ccc4ccccc4c3C2(C)C)C(Cl)=C(C=CC2=[N+](CCCCS(=O)(=O)O)c3ccc4ccccc4c3C2(C)C)C1. The molecular formula is C95H105Cl2N5O15S4. The molecule has 638 valence electrons. The summed E-state index contributed by atoms with van der Waals surface area (Å²) in [5.74, 6) is -3.59. The molecule has 4 heterocycles. The summed E-state index contributed by atoms with van der Waals surface area (Å²) >= 11 is 14.6. The Morgan fingerprint density at radius 2 is 0.777 bits per heavy atom. The first kappa shape index (κ1) is 89.6. The topological polar surface area (TPSA) is 302 Å². The van der Waals surface area contributed by atoms with Gasteiger partial charge in [0.2, 0.25) is 17.3 Å². The van der Waals surface area contributed by atoms with Crippen LogP contribution in [0.25, 0.3) is 43.1 Å². The molecule has 0 fully saturated rings. The number of carboxylic acid groups (broad SMARTS) is 1. The fraction of sp³-hybridized carbons (Fsp3) is 0.368. The van der Waals surface area contributed by atoms with E-state index in [4.69, 9.17) is 23.2 Å². The van der Waals surface area contributed by atoms with Crippen LogP contribution in [0.1, 0.15) is 155 Å². The van der Waals surface area contributed by atoms with Gasteiger partial charge in [-0.2, -0.15) is 26.0 Å². The van der Waals surface area contributed by atoms with Crippen LogP contribution in [0.3, 0.4) is 0 Å². The van der Waals surface area contributed by atoms with Crippen molar-refractivity contribution in [1.82, 2.24) is 5.32 Å². The third kappa shape index (κ3) is 19.3. The molecule has 0 aromatic heterocycles. The number of unbranched alkanes of at least 4 members (excludes halogenated alkanes) is 4. The predicted octanol–water partition coefficient (Wildman–Crippen LogP) is 18.7. The minimum absolute atomic E-state index is 0.0863. The summed E-state index contributed by atoms with van der Waals surface area (Å²) in [4.78, 5) is 30.5. The summed E-state index contributed by atoms with van der Waals surface area (Å²) in [6.07, 6.45) is 20.5. The summed E-state index contributed by atoms with van der Waals surface area (Å²) in [7, 11) is -15.2. The van der Waals surface area contributed by atoms with Gasteiger partial charge in [0.25, 0.3) is 20.2 Å². The van der Waals surface area contributed by atoms with Crippen LogP contribution in [0.5, 0.6) is 0 Å². The first-order chi connectivity index (χ1) is 57.1. The van der Waals surface area contributed by atoms with E-state index < -0.39 is 85.5 Å².